The molecule has 0 spiro atoms. The molecule has 0 atom stereocenters. The summed E-state index contributed by atoms with van der Waals surface area (Å²) in [6.07, 6.45) is 1.98. The quantitative estimate of drug-likeness (QED) is 0.769. The number of benzene rings is 2. The molecule has 0 saturated heterocycles. The lowest BCUT2D eigenvalue weighted by molar-refractivity contribution is 0.283. The van der Waals surface area contributed by atoms with Crippen molar-refractivity contribution in [1.29, 1.82) is 0 Å². The second-order valence-electron chi connectivity index (χ2n) is 4.56. The standard InChI is InChI=1S/C16H14ClNO/c17-15-8-4-7-14-13(11-19)10-18(16(14)15)9-12-5-2-1-3-6-12/h1-8,10,19H,9,11H2. The van der Waals surface area contributed by atoms with E-state index in [1.54, 1.807) is 0 Å². The smallest absolute Gasteiger partial charge is 0.0702 e. The van der Waals surface area contributed by atoms with Gasteiger partial charge in [0, 0.05) is 23.7 Å². The van der Waals surface area contributed by atoms with Crippen LogP contribution in [0, 0.1) is 0 Å². The Balaban J connectivity index is 2.13. The Hall–Kier alpha value is -1.77. The topological polar surface area (TPSA) is 25.2 Å². The van der Waals surface area contributed by atoms with Crippen LogP contribution >= 0.6 is 11.6 Å². The third-order valence-electron chi connectivity index (χ3n) is 3.30. The van der Waals surface area contributed by atoms with Gasteiger partial charge in [-0.3, -0.25) is 0 Å². The number of para-hydroxylation sites is 1. The van der Waals surface area contributed by atoms with Gasteiger partial charge >= 0.3 is 0 Å². The van der Waals surface area contributed by atoms with Crippen molar-refractivity contribution < 1.29 is 5.11 Å². The summed E-state index contributed by atoms with van der Waals surface area (Å²) in [7, 11) is 0. The minimum atomic E-state index is 0.0264. The van der Waals surface area contributed by atoms with E-state index in [9.17, 15) is 5.11 Å². The summed E-state index contributed by atoms with van der Waals surface area (Å²) in [6, 6.07) is 16.0. The number of hydrogen-bond acceptors (Lipinski definition) is 1. The molecule has 96 valence electrons. The Morgan fingerprint density at radius 3 is 2.53 bits per heavy atom. The fourth-order valence-electron chi connectivity index (χ4n) is 2.42. The van der Waals surface area contributed by atoms with Gasteiger partial charge in [-0.05, 0) is 11.6 Å². The van der Waals surface area contributed by atoms with Crippen molar-refractivity contribution in [3.8, 4) is 0 Å². The number of aromatic nitrogens is 1. The largest absolute Gasteiger partial charge is 0.392 e. The molecule has 1 aromatic heterocycles. The molecule has 2 aromatic carbocycles. The number of fused-ring (bicyclic) bond motifs is 1. The normalized spacial score (nSPS) is 11.1. The second kappa shape index (κ2) is 5.08. The zero-order valence-electron chi connectivity index (χ0n) is 10.4. The van der Waals surface area contributed by atoms with Crippen molar-refractivity contribution in [1.82, 2.24) is 4.57 Å². The van der Waals surface area contributed by atoms with Crippen LogP contribution in [0.3, 0.4) is 0 Å². The first-order chi connectivity index (χ1) is 9.29. The van der Waals surface area contributed by atoms with E-state index in [1.165, 1.54) is 5.56 Å². The molecular weight excluding hydrogens is 258 g/mol. The molecule has 0 unspecified atom stereocenters. The van der Waals surface area contributed by atoms with Crippen LogP contribution in [0.1, 0.15) is 11.1 Å². The van der Waals surface area contributed by atoms with Crippen molar-refractivity contribution in [3.63, 3.8) is 0 Å². The highest BCUT2D eigenvalue weighted by atomic mass is 35.5. The van der Waals surface area contributed by atoms with E-state index in [-0.39, 0.29) is 6.61 Å². The first kappa shape index (κ1) is 12.3. The van der Waals surface area contributed by atoms with Gasteiger partial charge < -0.3 is 9.67 Å². The minimum Gasteiger partial charge on any atom is -0.392 e. The Morgan fingerprint density at radius 2 is 1.79 bits per heavy atom. The van der Waals surface area contributed by atoms with E-state index >= 15 is 0 Å². The Bertz CT molecular complexity index is 703. The zero-order chi connectivity index (χ0) is 13.2. The van der Waals surface area contributed by atoms with Gasteiger partial charge in [0.2, 0.25) is 0 Å². The van der Waals surface area contributed by atoms with E-state index in [2.05, 4.69) is 16.7 Å². The van der Waals surface area contributed by atoms with Gasteiger partial charge in [-0.2, -0.15) is 0 Å². The van der Waals surface area contributed by atoms with Crippen molar-refractivity contribution in [2.24, 2.45) is 0 Å². The Labute approximate surface area is 116 Å². The molecule has 0 saturated carbocycles. The van der Waals surface area contributed by atoms with Crippen LogP contribution in [-0.4, -0.2) is 9.67 Å². The number of nitrogens with zero attached hydrogens (tertiary/aromatic N) is 1. The highest BCUT2D eigenvalue weighted by Gasteiger charge is 2.10. The SMILES string of the molecule is OCc1cn(Cc2ccccc2)c2c(Cl)cccc12. The Kier molecular flexibility index (Phi) is 3.28. The fraction of sp³-hybridized carbons (Fsp3) is 0.125. The van der Waals surface area contributed by atoms with Gasteiger partial charge in [-0.1, -0.05) is 54.1 Å². The number of aliphatic hydroxyl groups excluding tert-OH is 1. The average Bonchev–Trinajstić information content (AvgIpc) is 2.79. The highest BCUT2D eigenvalue weighted by Crippen LogP contribution is 2.28. The van der Waals surface area contributed by atoms with E-state index in [4.69, 9.17) is 11.6 Å². The summed E-state index contributed by atoms with van der Waals surface area (Å²) in [5.41, 5.74) is 3.11. The van der Waals surface area contributed by atoms with E-state index in [0.717, 1.165) is 23.0 Å². The van der Waals surface area contributed by atoms with Crippen LogP contribution in [0.4, 0.5) is 0 Å². The maximum absolute atomic E-state index is 9.45. The van der Waals surface area contributed by atoms with E-state index in [1.807, 2.05) is 42.6 Å². The zero-order valence-corrected chi connectivity index (χ0v) is 11.1. The molecule has 3 rings (SSSR count). The van der Waals surface area contributed by atoms with Gasteiger partial charge in [-0.25, -0.2) is 0 Å². The third kappa shape index (κ3) is 2.25. The minimum absolute atomic E-state index is 0.0264. The number of halogens is 1. The van der Waals surface area contributed by atoms with Crippen molar-refractivity contribution in [2.45, 2.75) is 13.2 Å². The number of hydrogen-bond donors (Lipinski definition) is 1. The van der Waals surface area contributed by atoms with Crippen LogP contribution in [0.15, 0.2) is 54.7 Å². The number of aliphatic hydroxyl groups is 1. The molecule has 1 heterocycles. The number of rotatable bonds is 3. The monoisotopic (exact) mass is 271 g/mol. The summed E-state index contributed by atoms with van der Waals surface area (Å²) in [6.45, 7) is 0.777. The van der Waals surface area contributed by atoms with Gasteiger partial charge in [0.15, 0.2) is 0 Å². The van der Waals surface area contributed by atoms with E-state index < -0.39 is 0 Å². The summed E-state index contributed by atoms with van der Waals surface area (Å²) < 4.78 is 2.10. The first-order valence-electron chi connectivity index (χ1n) is 6.20. The average molecular weight is 272 g/mol. The molecule has 3 heteroatoms. The van der Waals surface area contributed by atoms with Crippen molar-refractivity contribution in [2.75, 3.05) is 0 Å². The van der Waals surface area contributed by atoms with Crippen molar-refractivity contribution >= 4 is 22.5 Å². The van der Waals surface area contributed by atoms with Crippen LogP contribution in [0.5, 0.6) is 0 Å². The molecule has 0 aliphatic heterocycles. The first-order valence-corrected chi connectivity index (χ1v) is 6.58. The summed E-state index contributed by atoms with van der Waals surface area (Å²) in [5, 5.41) is 11.2. The fourth-order valence-corrected chi connectivity index (χ4v) is 2.70. The predicted molar refractivity (Wildman–Crippen MR) is 78.4 cm³/mol. The molecule has 0 aliphatic rings. The van der Waals surface area contributed by atoms with Crippen LogP contribution in [0.25, 0.3) is 10.9 Å². The molecule has 0 radical (unpaired) electrons. The van der Waals surface area contributed by atoms with Gasteiger partial charge in [0.1, 0.15) is 0 Å². The van der Waals surface area contributed by atoms with Crippen LogP contribution in [-0.2, 0) is 13.2 Å². The maximum Gasteiger partial charge on any atom is 0.0702 e. The maximum atomic E-state index is 9.45. The molecule has 0 fully saturated rings. The van der Waals surface area contributed by atoms with Gasteiger partial charge in [0.05, 0.1) is 17.1 Å². The lowest BCUT2D eigenvalue weighted by Crippen LogP contribution is -1.97. The van der Waals surface area contributed by atoms with E-state index in [0.29, 0.717) is 5.02 Å². The molecule has 0 bridgehead atoms. The van der Waals surface area contributed by atoms with Gasteiger partial charge in [0.25, 0.3) is 0 Å². The van der Waals surface area contributed by atoms with Crippen LogP contribution < -0.4 is 0 Å². The lowest BCUT2D eigenvalue weighted by atomic mass is 10.2. The molecule has 2 nitrogen and oxygen atoms in total. The second-order valence-corrected chi connectivity index (χ2v) is 4.97. The molecule has 19 heavy (non-hydrogen) atoms. The molecule has 1 N–H and O–H groups in total. The summed E-state index contributed by atoms with van der Waals surface area (Å²) in [4.78, 5) is 0. The lowest BCUT2D eigenvalue weighted by Gasteiger charge is -2.06. The Morgan fingerprint density at radius 1 is 1.00 bits per heavy atom. The van der Waals surface area contributed by atoms with Gasteiger partial charge in [-0.15, -0.1) is 0 Å². The third-order valence-corrected chi connectivity index (χ3v) is 3.60. The summed E-state index contributed by atoms with van der Waals surface area (Å²) in [5.74, 6) is 0. The predicted octanol–water partition coefficient (Wildman–Crippen LogP) is 3.84. The summed E-state index contributed by atoms with van der Waals surface area (Å²) >= 11 is 6.30. The molecule has 0 amide bonds. The molecule has 0 aliphatic carbocycles. The molecular formula is C16H14ClNO. The molecule has 3 aromatic rings. The van der Waals surface area contributed by atoms with Crippen LogP contribution in [0.2, 0.25) is 5.02 Å². The highest BCUT2D eigenvalue weighted by molar-refractivity contribution is 6.35. The van der Waals surface area contributed by atoms with Crippen molar-refractivity contribution in [3.05, 3.63) is 70.9 Å².